The molecule has 0 saturated carbocycles. The molecule has 4 radical (unpaired) electrons. The SMILES string of the molecule is [B]N1CCN([B])C(CC(=O)O)C1. The van der Waals surface area contributed by atoms with Crippen molar-refractivity contribution >= 4 is 21.9 Å². The van der Waals surface area contributed by atoms with E-state index in [-0.39, 0.29) is 12.5 Å². The Morgan fingerprint density at radius 1 is 1.50 bits per heavy atom. The van der Waals surface area contributed by atoms with E-state index in [0.29, 0.717) is 19.6 Å². The van der Waals surface area contributed by atoms with Crippen molar-refractivity contribution in [3.8, 4) is 0 Å². The molecule has 1 aliphatic rings. The van der Waals surface area contributed by atoms with E-state index in [1.165, 1.54) is 4.81 Å². The first-order chi connectivity index (χ1) is 5.59. The zero-order valence-corrected chi connectivity index (χ0v) is 6.81. The molecular formula is C6H10B2N2O2. The summed E-state index contributed by atoms with van der Waals surface area (Å²) < 4.78 is 0. The van der Waals surface area contributed by atoms with Gasteiger partial charge in [-0.1, -0.05) is 0 Å². The lowest BCUT2D eigenvalue weighted by molar-refractivity contribution is -0.138. The average molecular weight is 164 g/mol. The van der Waals surface area contributed by atoms with Crippen LogP contribution in [0, 0.1) is 0 Å². The number of carbonyl (C=O) groups is 1. The van der Waals surface area contributed by atoms with Gasteiger partial charge in [-0.3, -0.25) is 4.79 Å². The van der Waals surface area contributed by atoms with E-state index in [1.807, 2.05) is 0 Å². The normalized spacial score (nSPS) is 27.2. The number of piperazine rings is 1. The molecule has 1 saturated heterocycles. The third-order valence-corrected chi connectivity index (χ3v) is 1.97. The highest BCUT2D eigenvalue weighted by atomic mass is 16.4. The van der Waals surface area contributed by atoms with Crippen LogP contribution in [0.1, 0.15) is 6.42 Å². The Labute approximate surface area is 74.4 Å². The lowest BCUT2D eigenvalue weighted by atomic mass is 10.0. The van der Waals surface area contributed by atoms with Crippen molar-refractivity contribution in [3.63, 3.8) is 0 Å². The zero-order chi connectivity index (χ0) is 9.14. The molecule has 1 unspecified atom stereocenters. The average Bonchev–Trinajstić information content (AvgIpc) is 1.96. The second-order valence-corrected chi connectivity index (χ2v) is 2.98. The molecule has 1 fully saturated rings. The highest BCUT2D eigenvalue weighted by Gasteiger charge is 2.23. The monoisotopic (exact) mass is 164 g/mol. The molecule has 0 spiro atoms. The van der Waals surface area contributed by atoms with Gasteiger partial charge in [-0.05, 0) is 13.1 Å². The van der Waals surface area contributed by atoms with Gasteiger partial charge in [0.05, 0.1) is 6.42 Å². The van der Waals surface area contributed by atoms with E-state index in [2.05, 4.69) is 0 Å². The van der Waals surface area contributed by atoms with Gasteiger partial charge in [0.1, 0.15) is 0 Å². The smallest absolute Gasteiger partial charge is 0.304 e. The second kappa shape index (κ2) is 3.96. The summed E-state index contributed by atoms with van der Waals surface area (Å²) in [4.78, 5) is 13.5. The topological polar surface area (TPSA) is 43.8 Å². The lowest BCUT2D eigenvalue weighted by Crippen LogP contribution is -2.51. The molecule has 0 aromatic heterocycles. The van der Waals surface area contributed by atoms with Crippen molar-refractivity contribution in [1.29, 1.82) is 0 Å². The van der Waals surface area contributed by atoms with E-state index in [1.54, 1.807) is 4.81 Å². The fourth-order valence-electron chi connectivity index (χ4n) is 1.28. The van der Waals surface area contributed by atoms with Crippen LogP contribution in [0.25, 0.3) is 0 Å². The first-order valence-corrected chi connectivity index (χ1v) is 3.82. The fraction of sp³-hybridized carbons (Fsp3) is 0.833. The van der Waals surface area contributed by atoms with Crippen LogP contribution in [0.2, 0.25) is 0 Å². The quantitative estimate of drug-likeness (QED) is 0.510. The van der Waals surface area contributed by atoms with Gasteiger partial charge >= 0.3 is 5.97 Å². The van der Waals surface area contributed by atoms with Gasteiger partial charge in [0.2, 0.25) is 0 Å². The maximum absolute atomic E-state index is 10.4. The summed E-state index contributed by atoms with van der Waals surface area (Å²) in [5, 5.41) is 8.53. The first kappa shape index (κ1) is 9.61. The van der Waals surface area contributed by atoms with Crippen LogP contribution in [0.15, 0.2) is 0 Å². The maximum atomic E-state index is 10.4. The van der Waals surface area contributed by atoms with Gasteiger partial charge in [-0.2, -0.15) is 0 Å². The second-order valence-electron chi connectivity index (χ2n) is 2.98. The summed E-state index contributed by atoms with van der Waals surface area (Å²) in [6, 6.07) is -0.166. The van der Waals surface area contributed by atoms with E-state index in [4.69, 9.17) is 21.1 Å². The van der Waals surface area contributed by atoms with Crippen LogP contribution in [0.5, 0.6) is 0 Å². The minimum Gasteiger partial charge on any atom is -0.481 e. The highest BCUT2D eigenvalue weighted by Crippen LogP contribution is 2.08. The third kappa shape index (κ3) is 2.53. The predicted octanol–water partition coefficient (Wildman–Crippen LogP) is -1.39. The van der Waals surface area contributed by atoms with Crippen LogP contribution in [0.4, 0.5) is 0 Å². The zero-order valence-electron chi connectivity index (χ0n) is 6.81. The molecule has 4 nitrogen and oxygen atoms in total. The van der Waals surface area contributed by atoms with Crippen LogP contribution in [-0.2, 0) is 4.79 Å². The van der Waals surface area contributed by atoms with Crippen molar-refractivity contribution in [2.24, 2.45) is 0 Å². The molecule has 1 heterocycles. The molecule has 1 aliphatic heterocycles. The standard InChI is InChI=1S/C6H10B2N2O2/c7-9-1-2-10(8)5(4-9)3-6(11)12/h5H,1-4H2,(H,11,12). The Bertz CT molecular complexity index is 179. The molecular weight excluding hydrogens is 154 g/mol. The maximum Gasteiger partial charge on any atom is 0.304 e. The summed E-state index contributed by atoms with van der Waals surface area (Å²) in [6.07, 6.45) is 0.0458. The molecule has 62 valence electrons. The van der Waals surface area contributed by atoms with E-state index < -0.39 is 5.97 Å². The van der Waals surface area contributed by atoms with Gasteiger partial charge in [-0.25, -0.2) is 0 Å². The predicted molar refractivity (Wildman–Crippen MR) is 45.8 cm³/mol. The molecule has 0 aromatic rings. The molecule has 0 aliphatic carbocycles. The van der Waals surface area contributed by atoms with Gasteiger partial charge in [0, 0.05) is 12.6 Å². The molecule has 0 bridgehead atoms. The number of rotatable bonds is 2. The minimum absolute atomic E-state index is 0.0458. The summed E-state index contributed by atoms with van der Waals surface area (Å²) in [6.45, 7) is 1.82. The van der Waals surface area contributed by atoms with Gasteiger partial charge in [-0.15, -0.1) is 0 Å². The molecule has 1 rings (SSSR count). The first-order valence-electron chi connectivity index (χ1n) is 3.82. The van der Waals surface area contributed by atoms with Gasteiger partial charge in [0.25, 0.3) is 0 Å². The fourth-order valence-corrected chi connectivity index (χ4v) is 1.28. The van der Waals surface area contributed by atoms with Crippen molar-refractivity contribution < 1.29 is 9.90 Å². The van der Waals surface area contributed by atoms with Crippen LogP contribution in [-0.4, -0.2) is 62.3 Å². The number of hydrogen-bond acceptors (Lipinski definition) is 3. The Morgan fingerprint density at radius 2 is 2.17 bits per heavy atom. The molecule has 0 amide bonds. The Kier molecular flexibility index (Phi) is 3.17. The van der Waals surface area contributed by atoms with Crippen molar-refractivity contribution in [3.05, 3.63) is 0 Å². The van der Waals surface area contributed by atoms with Crippen LogP contribution >= 0.6 is 0 Å². The summed E-state index contributed by atoms with van der Waals surface area (Å²) >= 11 is 0. The number of carboxylic acids is 1. The Balaban J connectivity index is 2.43. The Hall–Kier alpha value is -0.480. The summed E-state index contributed by atoms with van der Waals surface area (Å²) in [5.41, 5.74) is 0. The molecule has 1 atom stereocenters. The van der Waals surface area contributed by atoms with Crippen LogP contribution in [0.3, 0.4) is 0 Å². The number of hydrogen-bond donors (Lipinski definition) is 1. The third-order valence-electron chi connectivity index (χ3n) is 1.97. The minimum atomic E-state index is -0.842. The largest absolute Gasteiger partial charge is 0.481 e. The van der Waals surface area contributed by atoms with Crippen molar-refractivity contribution in [2.75, 3.05) is 19.6 Å². The van der Waals surface area contributed by atoms with E-state index >= 15 is 0 Å². The van der Waals surface area contributed by atoms with E-state index in [9.17, 15) is 4.79 Å². The van der Waals surface area contributed by atoms with E-state index in [0.717, 1.165) is 0 Å². The molecule has 1 N–H and O–H groups in total. The van der Waals surface area contributed by atoms with Gasteiger partial charge < -0.3 is 14.7 Å². The summed E-state index contributed by atoms with van der Waals surface area (Å²) in [5.74, 6) is -0.842. The van der Waals surface area contributed by atoms with Crippen LogP contribution < -0.4 is 0 Å². The molecule has 6 heteroatoms. The number of carboxylic acid groups (broad SMARTS) is 1. The lowest BCUT2D eigenvalue weighted by Gasteiger charge is -2.38. The molecule has 0 aromatic carbocycles. The number of aliphatic carboxylic acids is 1. The number of nitrogens with zero attached hydrogens (tertiary/aromatic N) is 2. The summed E-state index contributed by atoms with van der Waals surface area (Å²) in [7, 11) is 11.1. The molecule has 12 heavy (non-hydrogen) atoms. The Morgan fingerprint density at radius 3 is 2.75 bits per heavy atom. The van der Waals surface area contributed by atoms with Crippen molar-refractivity contribution in [1.82, 2.24) is 9.62 Å². The van der Waals surface area contributed by atoms with Crippen molar-refractivity contribution in [2.45, 2.75) is 12.5 Å². The van der Waals surface area contributed by atoms with Gasteiger partial charge in [0.15, 0.2) is 16.0 Å². The highest BCUT2D eigenvalue weighted by molar-refractivity contribution is 6.06.